The maximum Gasteiger partial charge on any atom is 0.341 e. The van der Waals surface area contributed by atoms with Gasteiger partial charge >= 0.3 is 5.97 Å². The highest BCUT2D eigenvalue weighted by Crippen LogP contribution is 2.51. The Morgan fingerprint density at radius 3 is 2.40 bits per heavy atom. The Kier molecular flexibility index (Phi) is 5.00. The molecular formula is C23H27NO6. The maximum atomic E-state index is 13.1. The molecule has 1 atom stereocenters. The van der Waals surface area contributed by atoms with Crippen LogP contribution in [-0.4, -0.2) is 28.9 Å². The number of rotatable bonds is 6. The molecule has 1 aliphatic carbocycles. The van der Waals surface area contributed by atoms with E-state index < -0.39 is 11.5 Å². The molecule has 1 unspecified atom stereocenters. The third-order valence-corrected chi connectivity index (χ3v) is 5.46. The summed E-state index contributed by atoms with van der Waals surface area (Å²) in [7, 11) is 1.57. The smallest absolute Gasteiger partial charge is 0.341 e. The quantitative estimate of drug-likeness (QED) is 0.754. The average Bonchev–Trinajstić information content (AvgIpc) is 3.50. The monoisotopic (exact) mass is 413 g/mol. The van der Waals surface area contributed by atoms with Gasteiger partial charge in [-0.1, -0.05) is 13.8 Å². The van der Waals surface area contributed by atoms with Crippen LogP contribution >= 0.6 is 0 Å². The Labute approximate surface area is 175 Å². The van der Waals surface area contributed by atoms with E-state index in [0.29, 0.717) is 17.2 Å². The zero-order valence-corrected chi connectivity index (χ0v) is 17.9. The van der Waals surface area contributed by atoms with E-state index >= 15 is 0 Å². The lowest BCUT2D eigenvalue weighted by atomic mass is 9.89. The fourth-order valence-electron chi connectivity index (χ4n) is 4.02. The van der Waals surface area contributed by atoms with Crippen molar-refractivity contribution in [1.29, 1.82) is 0 Å². The van der Waals surface area contributed by atoms with Crippen molar-refractivity contribution >= 4 is 5.97 Å². The largest absolute Gasteiger partial charge is 0.493 e. The molecule has 30 heavy (non-hydrogen) atoms. The average molecular weight is 413 g/mol. The van der Waals surface area contributed by atoms with Crippen molar-refractivity contribution in [1.82, 2.24) is 4.57 Å². The fourth-order valence-corrected chi connectivity index (χ4v) is 4.02. The van der Waals surface area contributed by atoms with Gasteiger partial charge in [0.05, 0.1) is 18.9 Å². The van der Waals surface area contributed by atoms with Gasteiger partial charge < -0.3 is 23.9 Å². The summed E-state index contributed by atoms with van der Waals surface area (Å²) in [4.78, 5) is 24.9. The van der Waals surface area contributed by atoms with Gasteiger partial charge in [0.25, 0.3) is 5.56 Å². The number of nitrogens with zero attached hydrogens (tertiary/aromatic N) is 1. The van der Waals surface area contributed by atoms with Crippen molar-refractivity contribution in [3.63, 3.8) is 0 Å². The number of benzene rings is 1. The second kappa shape index (κ2) is 7.38. The summed E-state index contributed by atoms with van der Waals surface area (Å²) >= 11 is 0. The van der Waals surface area contributed by atoms with Crippen LogP contribution in [0.2, 0.25) is 0 Å². The van der Waals surface area contributed by atoms with Crippen molar-refractivity contribution in [2.45, 2.75) is 58.8 Å². The molecule has 1 aromatic carbocycles. The number of aromatic nitrogens is 1. The van der Waals surface area contributed by atoms with Gasteiger partial charge in [-0.2, -0.15) is 0 Å². The topological polar surface area (TPSA) is 87.0 Å². The first-order valence-corrected chi connectivity index (χ1v) is 10.3. The van der Waals surface area contributed by atoms with E-state index in [-0.39, 0.29) is 29.7 Å². The standard InChI is InChI=1S/C23H27NO6/c1-11(2)21-15-8-16(23(26)27)22(25)24(13-6-7-13)20(15)14-9-18(28-5)19(29-12(3)4)10-17(14)30-21/h8-13,21H,6-7H2,1-5H3,(H,26,27). The van der Waals surface area contributed by atoms with Gasteiger partial charge in [-0.05, 0) is 44.7 Å². The normalized spacial score (nSPS) is 17.4. The molecule has 2 aliphatic rings. The predicted octanol–water partition coefficient (Wildman–Crippen LogP) is 4.43. The first-order valence-electron chi connectivity index (χ1n) is 10.3. The van der Waals surface area contributed by atoms with E-state index in [1.165, 1.54) is 6.07 Å². The maximum absolute atomic E-state index is 13.1. The number of carboxylic acid groups (broad SMARTS) is 1. The lowest BCUT2D eigenvalue weighted by molar-refractivity contribution is 0.0693. The van der Waals surface area contributed by atoms with E-state index in [1.807, 2.05) is 33.8 Å². The zero-order chi connectivity index (χ0) is 21.7. The van der Waals surface area contributed by atoms with Gasteiger partial charge in [0, 0.05) is 23.2 Å². The molecule has 2 aromatic rings. The number of ether oxygens (including phenoxy) is 3. The summed E-state index contributed by atoms with van der Waals surface area (Å²) in [6, 6.07) is 5.11. The van der Waals surface area contributed by atoms with Crippen molar-refractivity contribution < 1.29 is 24.1 Å². The molecule has 7 heteroatoms. The predicted molar refractivity (Wildman–Crippen MR) is 112 cm³/mol. The molecule has 1 aromatic heterocycles. The number of carboxylic acids is 1. The molecule has 0 saturated heterocycles. The molecule has 2 heterocycles. The Balaban J connectivity index is 2.04. The highest BCUT2D eigenvalue weighted by Gasteiger charge is 2.38. The number of carbonyl (C=O) groups is 1. The molecule has 1 fully saturated rings. The highest BCUT2D eigenvalue weighted by atomic mass is 16.5. The molecule has 1 aliphatic heterocycles. The number of fused-ring (bicyclic) bond motifs is 3. The van der Waals surface area contributed by atoms with Crippen LogP contribution in [0.1, 0.15) is 68.6 Å². The first-order chi connectivity index (χ1) is 14.2. The SMILES string of the molecule is COc1cc2c(cc1OC(C)C)OC(C(C)C)c1cc(C(=O)O)c(=O)n(C3CC3)c1-2. The second-order valence-corrected chi connectivity index (χ2v) is 8.52. The van der Waals surface area contributed by atoms with E-state index in [9.17, 15) is 14.7 Å². The minimum absolute atomic E-state index is 0.00176. The van der Waals surface area contributed by atoms with Gasteiger partial charge in [-0.25, -0.2) is 4.79 Å². The summed E-state index contributed by atoms with van der Waals surface area (Å²) in [5, 5.41) is 9.63. The van der Waals surface area contributed by atoms with Gasteiger partial charge in [-0.3, -0.25) is 4.79 Å². The first kappa shape index (κ1) is 20.3. The number of aromatic carboxylic acids is 1. The zero-order valence-electron chi connectivity index (χ0n) is 17.9. The van der Waals surface area contributed by atoms with E-state index in [1.54, 1.807) is 17.7 Å². The van der Waals surface area contributed by atoms with Crippen molar-refractivity contribution in [3.05, 3.63) is 39.7 Å². The van der Waals surface area contributed by atoms with Crippen LogP contribution in [0.5, 0.6) is 17.2 Å². The van der Waals surface area contributed by atoms with Gasteiger partial charge in [0.1, 0.15) is 17.4 Å². The number of methoxy groups -OCH3 is 1. The minimum Gasteiger partial charge on any atom is -0.493 e. The molecule has 0 radical (unpaired) electrons. The summed E-state index contributed by atoms with van der Waals surface area (Å²) in [6.45, 7) is 7.90. The Morgan fingerprint density at radius 2 is 1.87 bits per heavy atom. The number of hydrogen-bond donors (Lipinski definition) is 1. The Morgan fingerprint density at radius 1 is 1.17 bits per heavy atom. The molecule has 0 bridgehead atoms. The van der Waals surface area contributed by atoms with Gasteiger partial charge in [0.15, 0.2) is 11.5 Å². The van der Waals surface area contributed by atoms with Gasteiger partial charge in [-0.15, -0.1) is 0 Å². The molecular weight excluding hydrogens is 386 g/mol. The van der Waals surface area contributed by atoms with Crippen molar-refractivity contribution in [2.24, 2.45) is 5.92 Å². The van der Waals surface area contributed by atoms with E-state index in [0.717, 1.165) is 29.7 Å². The Bertz CT molecular complexity index is 1060. The van der Waals surface area contributed by atoms with Crippen LogP contribution in [-0.2, 0) is 0 Å². The molecule has 1 N–H and O–H groups in total. The van der Waals surface area contributed by atoms with Crippen molar-refractivity contribution in [3.8, 4) is 28.5 Å². The number of hydrogen-bond acceptors (Lipinski definition) is 5. The second-order valence-electron chi connectivity index (χ2n) is 8.52. The molecule has 0 spiro atoms. The molecule has 4 rings (SSSR count). The molecule has 1 saturated carbocycles. The van der Waals surface area contributed by atoms with Gasteiger partial charge in [0.2, 0.25) is 0 Å². The van der Waals surface area contributed by atoms with Crippen molar-refractivity contribution in [2.75, 3.05) is 7.11 Å². The lowest BCUT2D eigenvalue weighted by Gasteiger charge is -2.33. The minimum atomic E-state index is -1.22. The third-order valence-electron chi connectivity index (χ3n) is 5.46. The fraction of sp³-hybridized carbons (Fsp3) is 0.478. The summed E-state index contributed by atoms with van der Waals surface area (Å²) in [5.74, 6) is 0.565. The Hall–Kier alpha value is -2.96. The lowest BCUT2D eigenvalue weighted by Crippen LogP contribution is -2.32. The van der Waals surface area contributed by atoms with Crippen LogP contribution in [0, 0.1) is 5.92 Å². The van der Waals surface area contributed by atoms with Crippen LogP contribution in [0.15, 0.2) is 23.0 Å². The summed E-state index contributed by atoms with van der Waals surface area (Å²) in [5.41, 5.74) is 1.48. The van der Waals surface area contributed by atoms with Crippen LogP contribution in [0.3, 0.4) is 0 Å². The molecule has 0 amide bonds. The third kappa shape index (κ3) is 3.32. The highest BCUT2D eigenvalue weighted by molar-refractivity contribution is 5.89. The van der Waals surface area contributed by atoms with Crippen LogP contribution < -0.4 is 19.8 Å². The van der Waals surface area contributed by atoms with E-state index in [4.69, 9.17) is 14.2 Å². The summed E-state index contributed by atoms with van der Waals surface area (Å²) < 4.78 is 19.4. The van der Waals surface area contributed by atoms with Crippen LogP contribution in [0.4, 0.5) is 0 Å². The molecule has 7 nitrogen and oxygen atoms in total. The summed E-state index contributed by atoms with van der Waals surface area (Å²) in [6.07, 6.45) is 1.28. The van der Waals surface area contributed by atoms with E-state index in [2.05, 4.69) is 0 Å². The number of pyridine rings is 1. The van der Waals surface area contributed by atoms with Crippen LogP contribution in [0.25, 0.3) is 11.3 Å². The molecule has 160 valence electrons.